The van der Waals surface area contributed by atoms with Gasteiger partial charge in [0.2, 0.25) is 5.91 Å². The van der Waals surface area contributed by atoms with Crippen LogP contribution in [0.2, 0.25) is 0 Å². The Kier molecular flexibility index (Phi) is 5.01. The quantitative estimate of drug-likeness (QED) is 0.639. The molecule has 1 unspecified atom stereocenters. The molecule has 0 spiro atoms. The minimum absolute atomic E-state index is 0.0276. The fourth-order valence-corrected chi connectivity index (χ4v) is 5.00. The van der Waals surface area contributed by atoms with Crippen molar-refractivity contribution in [3.05, 3.63) is 59.4 Å². The van der Waals surface area contributed by atoms with Gasteiger partial charge in [-0.1, -0.05) is 0 Å². The molecule has 31 heavy (non-hydrogen) atoms. The molecule has 0 bridgehead atoms. The van der Waals surface area contributed by atoms with Crippen LogP contribution < -0.4 is 0 Å². The number of halogens is 3. The normalized spacial score (nSPS) is 23.4. The molecule has 1 atom stereocenters. The van der Waals surface area contributed by atoms with Crippen molar-refractivity contribution in [3.8, 4) is 11.3 Å². The number of aromatic nitrogens is 1. The average Bonchev–Trinajstić information content (AvgIpc) is 3.33. The number of rotatable bonds is 4. The summed E-state index contributed by atoms with van der Waals surface area (Å²) in [5.41, 5.74) is 2.32. The smallest absolute Gasteiger partial charge is 0.225 e. The Bertz CT molecular complexity index is 1140. The Morgan fingerprint density at radius 1 is 1.10 bits per heavy atom. The first-order valence-electron chi connectivity index (χ1n) is 10.6. The van der Waals surface area contributed by atoms with E-state index in [4.69, 9.17) is 0 Å². The van der Waals surface area contributed by atoms with Crippen LogP contribution in [0.1, 0.15) is 30.7 Å². The molecule has 1 aliphatic heterocycles. The van der Waals surface area contributed by atoms with Gasteiger partial charge in [0.1, 0.15) is 17.5 Å². The van der Waals surface area contributed by atoms with Crippen molar-refractivity contribution >= 4 is 16.8 Å². The van der Waals surface area contributed by atoms with Crippen LogP contribution in [0, 0.1) is 29.3 Å². The second-order valence-electron chi connectivity index (χ2n) is 8.72. The van der Waals surface area contributed by atoms with Crippen molar-refractivity contribution in [2.75, 3.05) is 19.7 Å². The Hall–Kier alpha value is -2.80. The molecule has 162 valence electrons. The number of likely N-dealkylation sites (tertiary alicyclic amines) is 1. The fraction of sp³-hybridized carbons (Fsp3) is 0.375. The molecular formula is C24H23F3N2O2. The van der Waals surface area contributed by atoms with E-state index in [9.17, 15) is 23.1 Å². The molecule has 1 aromatic heterocycles. The summed E-state index contributed by atoms with van der Waals surface area (Å²) in [5, 5.41) is 9.78. The second kappa shape index (κ2) is 7.71. The van der Waals surface area contributed by atoms with Crippen LogP contribution in [-0.4, -0.2) is 40.6 Å². The van der Waals surface area contributed by atoms with Crippen LogP contribution in [0.5, 0.6) is 0 Å². The number of fused-ring (bicyclic) bond motifs is 1. The molecule has 2 N–H and O–H groups in total. The van der Waals surface area contributed by atoms with Gasteiger partial charge in [-0.15, -0.1) is 0 Å². The molecule has 2 fully saturated rings. The predicted molar refractivity (Wildman–Crippen MR) is 111 cm³/mol. The first-order valence-corrected chi connectivity index (χ1v) is 10.6. The standard InChI is InChI=1S/C24H23F3N2O2/c25-17-3-1-14(2-4-17)22-21(19-9-18(26)10-20(27)23(19)28-22)15-7-16(8-15)24(31)29-6-5-13(11-29)12-30/h1-4,9-10,13,15-16,28,30H,5-8,11-12H2/t13?,15-,16-. The second-order valence-corrected chi connectivity index (χ2v) is 8.72. The fourth-order valence-electron chi connectivity index (χ4n) is 5.00. The molecule has 1 saturated carbocycles. The zero-order valence-corrected chi connectivity index (χ0v) is 16.9. The minimum Gasteiger partial charge on any atom is -0.396 e. The Morgan fingerprint density at radius 3 is 2.52 bits per heavy atom. The maximum atomic E-state index is 14.5. The van der Waals surface area contributed by atoms with E-state index in [0.29, 0.717) is 42.6 Å². The van der Waals surface area contributed by atoms with Crippen LogP contribution in [-0.2, 0) is 4.79 Å². The number of nitrogens with one attached hydrogen (secondary N) is 1. The summed E-state index contributed by atoms with van der Waals surface area (Å²) in [4.78, 5) is 17.7. The van der Waals surface area contributed by atoms with E-state index in [1.165, 1.54) is 18.2 Å². The van der Waals surface area contributed by atoms with Gasteiger partial charge in [0.25, 0.3) is 0 Å². The first-order chi connectivity index (χ1) is 14.9. The predicted octanol–water partition coefficient (Wildman–Crippen LogP) is 4.59. The third-order valence-corrected chi connectivity index (χ3v) is 6.75. The molecule has 2 heterocycles. The molecule has 2 aromatic carbocycles. The van der Waals surface area contributed by atoms with Crippen molar-refractivity contribution in [3.63, 3.8) is 0 Å². The lowest BCUT2D eigenvalue weighted by molar-refractivity contribution is -0.137. The van der Waals surface area contributed by atoms with Gasteiger partial charge < -0.3 is 15.0 Å². The largest absolute Gasteiger partial charge is 0.396 e. The number of benzene rings is 2. The van der Waals surface area contributed by atoms with Gasteiger partial charge >= 0.3 is 0 Å². The summed E-state index contributed by atoms with van der Waals surface area (Å²) in [5.74, 6) is -1.64. The summed E-state index contributed by atoms with van der Waals surface area (Å²) in [6, 6.07) is 8.05. The van der Waals surface area contributed by atoms with Crippen LogP contribution in [0.15, 0.2) is 36.4 Å². The number of amides is 1. The molecule has 5 rings (SSSR count). The number of hydrogen-bond donors (Lipinski definition) is 2. The topological polar surface area (TPSA) is 56.3 Å². The maximum absolute atomic E-state index is 14.5. The average molecular weight is 428 g/mol. The van der Waals surface area contributed by atoms with E-state index in [-0.39, 0.29) is 41.6 Å². The molecule has 1 aliphatic carbocycles. The van der Waals surface area contributed by atoms with Crippen LogP contribution in [0.25, 0.3) is 22.2 Å². The molecule has 4 nitrogen and oxygen atoms in total. The number of aliphatic hydroxyl groups excluding tert-OH is 1. The lowest BCUT2D eigenvalue weighted by atomic mass is 9.69. The lowest BCUT2D eigenvalue weighted by Crippen LogP contribution is -2.40. The van der Waals surface area contributed by atoms with Crippen molar-refractivity contribution in [1.29, 1.82) is 0 Å². The summed E-state index contributed by atoms with van der Waals surface area (Å²) >= 11 is 0. The Labute approximate surface area is 177 Å². The number of nitrogens with zero attached hydrogens (tertiary/aromatic N) is 1. The third kappa shape index (κ3) is 3.51. The summed E-state index contributed by atoms with van der Waals surface area (Å²) < 4.78 is 41.9. The minimum atomic E-state index is -0.677. The molecule has 1 saturated heterocycles. The number of aromatic amines is 1. The highest BCUT2D eigenvalue weighted by Gasteiger charge is 2.41. The van der Waals surface area contributed by atoms with Gasteiger partial charge in [0.15, 0.2) is 0 Å². The van der Waals surface area contributed by atoms with Gasteiger partial charge in [-0.2, -0.15) is 0 Å². The lowest BCUT2D eigenvalue weighted by Gasteiger charge is -2.37. The summed E-state index contributed by atoms with van der Waals surface area (Å²) in [7, 11) is 0. The van der Waals surface area contributed by atoms with E-state index >= 15 is 0 Å². The monoisotopic (exact) mass is 428 g/mol. The number of H-pyrrole nitrogens is 1. The van der Waals surface area contributed by atoms with Crippen molar-refractivity contribution < 1.29 is 23.1 Å². The van der Waals surface area contributed by atoms with E-state index in [0.717, 1.165) is 18.1 Å². The van der Waals surface area contributed by atoms with Gasteiger partial charge in [-0.3, -0.25) is 4.79 Å². The number of aliphatic hydroxyl groups is 1. The SMILES string of the molecule is O=C([C@H]1C[C@H](c2c(-c3ccc(F)cc3)[nH]c3c(F)cc(F)cc32)C1)N1CCC(CO)C1. The maximum Gasteiger partial charge on any atom is 0.225 e. The summed E-state index contributed by atoms with van der Waals surface area (Å²) in [6.07, 6.45) is 2.00. The first kappa shape index (κ1) is 20.1. The van der Waals surface area contributed by atoms with Crippen molar-refractivity contribution in [1.82, 2.24) is 9.88 Å². The van der Waals surface area contributed by atoms with E-state index < -0.39 is 11.6 Å². The zero-order valence-electron chi connectivity index (χ0n) is 16.9. The molecule has 0 radical (unpaired) electrons. The van der Waals surface area contributed by atoms with E-state index in [2.05, 4.69) is 4.98 Å². The highest BCUT2D eigenvalue weighted by Crippen LogP contribution is 2.49. The Balaban J connectivity index is 1.46. The number of carbonyl (C=O) groups is 1. The highest BCUT2D eigenvalue weighted by molar-refractivity contribution is 5.92. The third-order valence-electron chi connectivity index (χ3n) is 6.75. The van der Waals surface area contributed by atoms with Crippen LogP contribution in [0.4, 0.5) is 13.2 Å². The van der Waals surface area contributed by atoms with E-state index in [1.54, 1.807) is 12.1 Å². The zero-order chi connectivity index (χ0) is 21.7. The molecular weight excluding hydrogens is 405 g/mol. The molecule has 1 amide bonds. The van der Waals surface area contributed by atoms with Gasteiger partial charge in [0.05, 0.1) is 11.2 Å². The van der Waals surface area contributed by atoms with E-state index in [1.807, 2.05) is 4.90 Å². The number of carbonyl (C=O) groups excluding carboxylic acids is 1. The Morgan fingerprint density at radius 2 is 1.84 bits per heavy atom. The number of hydrogen-bond acceptors (Lipinski definition) is 2. The van der Waals surface area contributed by atoms with Crippen LogP contribution in [0.3, 0.4) is 0 Å². The van der Waals surface area contributed by atoms with Gasteiger partial charge in [-0.05, 0) is 66.6 Å². The molecule has 2 aliphatic rings. The van der Waals surface area contributed by atoms with Crippen molar-refractivity contribution in [2.24, 2.45) is 11.8 Å². The molecule has 3 aromatic rings. The molecule has 7 heteroatoms. The van der Waals surface area contributed by atoms with Gasteiger partial charge in [-0.25, -0.2) is 13.2 Å². The van der Waals surface area contributed by atoms with Crippen LogP contribution >= 0.6 is 0 Å². The van der Waals surface area contributed by atoms with Gasteiger partial charge in [0, 0.05) is 43.0 Å². The highest BCUT2D eigenvalue weighted by atomic mass is 19.1. The van der Waals surface area contributed by atoms with Crippen molar-refractivity contribution in [2.45, 2.75) is 25.2 Å². The summed E-state index contributed by atoms with van der Waals surface area (Å²) in [6.45, 7) is 1.33.